The molecule has 2 atom stereocenters. The summed E-state index contributed by atoms with van der Waals surface area (Å²) < 4.78 is 9.55. The highest BCUT2D eigenvalue weighted by Gasteiger charge is 2.23. The lowest BCUT2D eigenvalue weighted by atomic mass is 9.84. The summed E-state index contributed by atoms with van der Waals surface area (Å²) >= 11 is 1.39. The lowest BCUT2D eigenvalue weighted by Gasteiger charge is -2.29. The van der Waals surface area contributed by atoms with Gasteiger partial charge in [0, 0.05) is 31.2 Å². The first-order valence-corrected chi connectivity index (χ1v) is 7.85. The van der Waals surface area contributed by atoms with E-state index < -0.39 is 0 Å². The van der Waals surface area contributed by atoms with Gasteiger partial charge in [-0.15, -0.1) is 0 Å². The van der Waals surface area contributed by atoms with Gasteiger partial charge in [-0.2, -0.15) is 4.37 Å². The molecule has 3 N–H and O–H groups in total. The highest BCUT2D eigenvalue weighted by atomic mass is 32.1. The molecule has 1 saturated carbocycles. The molecule has 6 heteroatoms. The summed E-state index contributed by atoms with van der Waals surface area (Å²) in [4.78, 5) is 4.48. The Balaban J connectivity index is 1.95. The van der Waals surface area contributed by atoms with Crippen LogP contribution < -0.4 is 11.1 Å². The Morgan fingerprint density at radius 3 is 2.79 bits per heavy atom. The van der Waals surface area contributed by atoms with E-state index in [0.29, 0.717) is 18.5 Å². The maximum atomic E-state index is 5.91. The van der Waals surface area contributed by atoms with Crippen LogP contribution in [-0.4, -0.2) is 29.1 Å². The van der Waals surface area contributed by atoms with Crippen LogP contribution in [0, 0.1) is 5.92 Å². The van der Waals surface area contributed by atoms with Crippen LogP contribution in [0.5, 0.6) is 0 Å². The van der Waals surface area contributed by atoms with Crippen molar-refractivity contribution in [2.24, 2.45) is 11.7 Å². The van der Waals surface area contributed by atoms with Crippen molar-refractivity contribution in [3.8, 4) is 0 Å². The van der Waals surface area contributed by atoms with E-state index >= 15 is 0 Å². The van der Waals surface area contributed by atoms with Crippen LogP contribution in [0.25, 0.3) is 0 Å². The van der Waals surface area contributed by atoms with Gasteiger partial charge in [0.2, 0.25) is 5.13 Å². The van der Waals surface area contributed by atoms with Crippen molar-refractivity contribution in [2.45, 2.75) is 51.2 Å². The Morgan fingerprint density at radius 2 is 2.16 bits per heavy atom. The molecule has 0 saturated heterocycles. The van der Waals surface area contributed by atoms with E-state index in [1.54, 1.807) is 7.11 Å². The van der Waals surface area contributed by atoms with E-state index in [9.17, 15) is 0 Å². The van der Waals surface area contributed by atoms with Gasteiger partial charge in [0.1, 0.15) is 6.10 Å². The Bertz CT molecular complexity index is 378. The fourth-order valence-corrected chi connectivity index (χ4v) is 3.34. The number of nitrogens with two attached hydrogens (primary N) is 1. The van der Waals surface area contributed by atoms with E-state index in [2.05, 4.69) is 14.7 Å². The van der Waals surface area contributed by atoms with E-state index in [0.717, 1.165) is 11.0 Å². The topological polar surface area (TPSA) is 73.1 Å². The van der Waals surface area contributed by atoms with Gasteiger partial charge in [-0.1, -0.05) is 19.3 Å². The Hall–Kier alpha value is -0.720. The zero-order valence-corrected chi connectivity index (χ0v) is 12.6. The number of aromatic nitrogens is 2. The predicted molar refractivity (Wildman–Crippen MR) is 78.4 cm³/mol. The van der Waals surface area contributed by atoms with Crippen LogP contribution in [0.1, 0.15) is 51.0 Å². The van der Waals surface area contributed by atoms with Gasteiger partial charge in [-0.25, -0.2) is 4.98 Å². The van der Waals surface area contributed by atoms with Crippen LogP contribution in [0.2, 0.25) is 0 Å². The molecule has 108 valence electrons. The number of methoxy groups -OCH3 is 1. The first-order valence-electron chi connectivity index (χ1n) is 7.07. The maximum Gasteiger partial charge on any atom is 0.202 e. The number of nitrogens with zero attached hydrogens (tertiary/aromatic N) is 2. The number of anilines is 1. The van der Waals surface area contributed by atoms with Crippen molar-refractivity contribution in [1.29, 1.82) is 0 Å². The van der Waals surface area contributed by atoms with E-state index in [-0.39, 0.29) is 6.10 Å². The molecule has 0 aliphatic heterocycles. The van der Waals surface area contributed by atoms with Gasteiger partial charge in [0.15, 0.2) is 5.82 Å². The zero-order valence-electron chi connectivity index (χ0n) is 11.8. The largest absolute Gasteiger partial charge is 0.374 e. The van der Waals surface area contributed by atoms with Crippen LogP contribution >= 0.6 is 11.5 Å². The summed E-state index contributed by atoms with van der Waals surface area (Å²) in [7, 11) is 1.67. The minimum atomic E-state index is -0.0576. The summed E-state index contributed by atoms with van der Waals surface area (Å²) in [6.07, 6.45) is 6.50. The molecule has 1 aliphatic carbocycles. The van der Waals surface area contributed by atoms with Crippen molar-refractivity contribution in [2.75, 3.05) is 19.0 Å². The summed E-state index contributed by atoms with van der Waals surface area (Å²) in [6.45, 7) is 2.60. The standard InChI is InChI=1S/C13H24N4OS/c1-9(18-2)12-16-13(19-17-12)15-11(8-14)10-6-4-3-5-7-10/h9-11H,3-8,14H2,1-2H3,(H,15,16,17). The smallest absolute Gasteiger partial charge is 0.202 e. The van der Waals surface area contributed by atoms with E-state index in [1.807, 2.05) is 6.92 Å². The normalized spacial score (nSPS) is 20.2. The third-order valence-electron chi connectivity index (χ3n) is 3.94. The van der Waals surface area contributed by atoms with Crippen LogP contribution in [0.4, 0.5) is 5.13 Å². The van der Waals surface area contributed by atoms with Gasteiger partial charge >= 0.3 is 0 Å². The molecule has 0 aromatic carbocycles. The van der Waals surface area contributed by atoms with E-state index in [4.69, 9.17) is 10.5 Å². The Kier molecular flexibility index (Phi) is 5.54. The van der Waals surface area contributed by atoms with Crippen LogP contribution in [0.15, 0.2) is 0 Å². The second kappa shape index (κ2) is 7.17. The SMILES string of the molecule is COC(C)c1nsc(NC(CN)C2CCCCC2)n1. The molecule has 1 aliphatic rings. The lowest BCUT2D eigenvalue weighted by molar-refractivity contribution is 0.113. The molecule has 1 aromatic rings. The molecule has 0 bridgehead atoms. The van der Waals surface area contributed by atoms with Gasteiger partial charge in [-0.05, 0) is 25.7 Å². The molecule has 5 nitrogen and oxygen atoms in total. The number of hydrogen-bond donors (Lipinski definition) is 2. The highest BCUT2D eigenvalue weighted by molar-refractivity contribution is 7.09. The fourth-order valence-electron chi connectivity index (χ4n) is 2.63. The monoisotopic (exact) mass is 284 g/mol. The van der Waals surface area contributed by atoms with Crippen molar-refractivity contribution < 1.29 is 4.74 Å². The highest BCUT2D eigenvalue weighted by Crippen LogP contribution is 2.28. The van der Waals surface area contributed by atoms with Gasteiger partial charge < -0.3 is 15.8 Å². The first-order chi connectivity index (χ1) is 9.24. The summed E-state index contributed by atoms with van der Waals surface area (Å²) in [6, 6.07) is 0.318. The molecular weight excluding hydrogens is 260 g/mol. The molecule has 0 radical (unpaired) electrons. The number of nitrogens with one attached hydrogen (secondary N) is 1. The molecule has 19 heavy (non-hydrogen) atoms. The fraction of sp³-hybridized carbons (Fsp3) is 0.846. The van der Waals surface area contributed by atoms with Crippen LogP contribution in [-0.2, 0) is 4.74 Å². The average molecular weight is 284 g/mol. The van der Waals surface area contributed by atoms with Crippen LogP contribution in [0.3, 0.4) is 0 Å². The maximum absolute atomic E-state index is 5.91. The van der Waals surface area contributed by atoms with Crippen molar-refractivity contribution in [1.82, 2.24) is 9.36 Å². The van der Waals surface area contributed by atoms with Gasteiger partial charge in [-0.3, -0.25) is 0 Å². The Labute approximate surface area is 119 Å². The molecule has 1 heterocycles. The minimum absolute atomic E-state index is 0.0576. The molecule has 1 fully saturated rings. The minimum Gasteiger partial charge on any atom is -0.374 e. The van der Waals surface area contributed by atoms with Crippen molar-refractivity contribution in [3.05, 3.63) is 5.82 Å². The number of rotatable bonds is 6. The number of hydrogen-bond acceptors (Lipinski definition) is 6. The third kappa shape index (κ3) is 3.87. The third-order valence-corrected chi connectivity index (χ3v) is 4.60. The van der Waals surface area contributed by atoms with Gasteiger partial charge in [0.25, 0.3) is 0 Å². The molecule has 2 unspecified atom stereocenters. The van der Waals surface area contributed by atoms with Crippen molar-refractivity contribution in [3.63, 3.8) is 0 Å². The summed E-state index contributed by atoms with van der Waals surface area (Å²) in [5.41, 5.74) is 5.91. The number of ether oxygens (including phenoxy) is 1. The second-order valence-electron chi connectivity index (χ2n) is 5.22. The lowest BCUT2D eigenvalue weighted by Crippen LogP contribution is -2.37. The molecule has 0 amide bonds. The first kappa shape index (κ1) is 14.7. The molecular formula is C13H24N4OS. The average Bonchev–Trinajstić information content (AvgIpc) is 2.93. The summed E-state index contributed by atoms with van der Waals surface area (Å²) in [5.74, 6) is 1.42. The molecule has 1 aromatic heterocycles. The molecule has 0 spiro atoms. The quantitative estimate of drug-likeness (QED) is 0.840. The second-order valence-corrected chi connectivity index (χ2v) is 5.97. The van der Waals surface area contributed by atoms with E-state index in [1.165, 1.54) is 43.6 Å². The van der Waals surface area contributed by atoms with Gasteiger partial charge in [0.05, 0.1) is 0 Å². The zero-order chi connectivity index (χ0) is 13.7. The Morgan fingerprint density at radius 1 is 1.42 bits per heavy atom. The molecule has 2 rings (SSSR count). The van der Waals surface area contributed by atoms with Crippen molar-refractivity contribution >= 4 is 16.7 Å². The predicted octanol–water partition coefficient (Wildman–Crippen LogP) is 2.57. The summed E-state index contributed by atoms with van der Waals surface area (Å²) in [5, 5.41) is 4.32.